The molecule has 3 aromatic rings. The van der Waals surface area contributed by atoms with Gasteiger partial charge in [0.25, 0.3) is 0 Å². The van der Waals surface area contributed by atoms with Crippen LogP contribution < -0.4 is 20.5 Å². The zero-order chi connectivity index (χ0) is 17.9. The Kier molecular flexibility index (Phi) is 4.35. The van der Waals surface area contributed by atoms with Gasteiger partial charge in [0.2, 0.25) is 0 Å². The van der Waals surface area contributed by atoms with Crippen LogP contribution in [0.4, 0.5) is 5.69 Å². The first-order valence-electron chi connectivity index (χ1n) is 8.59. The summed E-state index contributed by atoms with van der Waals surface area (Å²) in [6.07, 6.45) is 2.86. The van der Waals surface area contributed by atoms with E-state index in [4.69, 9.17) is 15.2 Å². The van der Waals surface area contributed by atoms with E-state index in [0.717, 1.165) is 40.6 Å². The average molecular weight is 351 g/mol. The van der Waals surface area contributed by atoms with Crippen LogP contribution in [0.15, 0.2) is 47.6 Å². The Morgan fingerprint density at radius 1 is 1.23 bits per heavy atom. The second-order valence-electron chi connectivity index (χ2n) is 6.17. The first kappa shape index (κ1) is 16.3. The van der Waals surface area contributed by atoms with Crippen LogP contribution in [0.3, 0.4) is 0 Å². The van der Waals surface area contributed by atoms with Crippen LogP contribution in [0.5, 0.6) is 11.5 Å². The molecule has 0 amide bonds. The molecule has 0 spiro atoms. The molecule has 0 bridgehead atoms. The number of ether oxygens (including phenoxy) is 2. The minimum atomic E-state index is 0.327. The van der Waals surface area contributed by atoms with Gasteiger partial charge in [0.15, 0.2) is 17.5 Å². The molecule has 4 rings (SSSR count). The van der Waals surface area contributed by atoms with E-state index in [1.165, 1.54) is 0 Å². The Morgan fingerprint density at radius 3 is 2.92 bits per heavy atom. The third kappa shape index (κ3) is 3.42. The molecule has 3 heterocycles. The fraction of sp³-hybridized carbons (Fsp3) is 0.263. The van der Waals surface area contributed by atoms with Gasteiger partial charge in [-0.2, -0.15) is 0 Å². The molecule has 1 aromatic carbocycles. The quantitative estimate of drug-likeness (QED) is 0.560. The number of hydrogen-bond donors (Lipinski definition) is 2. The van der Waals surface area contributed by atoms with Gasteiger partial charge in [-0.15, -0.1) is 0 Å². The standard InChI is InChI=1S/C19H21N5O2/c1-13-4-2-5-18-22-15(12-24(13)18)11-21-19(20)23-14-6-7-16-17(10-14)26-9-3-8-25-16/h2,4-7,10,12H,3,8-9,11H2,1H3,(H3,20,21,23). The maximum Gasteiger partial charge on any atom is 0.193 e. The number of benzene rings is 1. The van der Waals surface area contributed by atoms with E-state index in [1.807, 2.05) is 53.9 Å². The minimum Gasteiger partial charge on any atom is -0.490 e. The van der Waals surface area contributed by atoms with Gasteiger partial charge in [-0.25, -0.2) is 9.98 Å². The van der Waals surface area contributed by atoms with Gasteiger partial charge in [-0.1, -0.05) is 6.07 Å². The van der Waals surface area contributed by atoms with Crippen molar-refractivity contribution in [3.8, 4) is 11.5 Å². The summed E-state index contributed by atoms with van der Waals surface area (Å²) < 4.78 is 13.4. The van der Waals surface area contributed by atoms with Crippen molar-refractivity contribution in [1.82, 2.24) is 9.38 Å². The van der Waals surface area contributed by atoms with Gasteiger partial charge in [0, 0.05) is 30.1 Å². The zero-order valence-corrected chi connectivity index (χ0v) is 14.6. The number of nitrogens with two attached hydrogens (primary N) is 1. The summed E-state index contributed by atoms with van der Waals surface area (Å²) in [5.41, 5.74) is 9.72. The van der Waals surface area contributed by atoms with E-state index < -0.39 is 0 Å². The van der Waals surface area contributed by atoms with Crippen LogP contribution in [-0.4, -0.2) is 28.6 Å². The predicted molar refractivity (Wildman–Crippen MR) is 101 cm³/mol. The number of anilines is 1. The Balaban J connectivity index is 1.46. The van der Waals surface area contributed by atoms with Crippen LogP contribution in [-0.2, 0) is 6.54 Å². The van der Waals surface area contributed by atoms with Crippen molar-refractivity contribution in [1.29, 1.82) is 0 Å². The number of fused-ring (bicyclic) bond motifs is 2. The van der Waals surface area contributed by atoms with Crippen molar-refractivity contribution in [2.45, 2.75) is 19.9 Å². The number of pyridine rings is 1. The van der Waals surface area contributed by atoms with E-state index in [9.17, 15) is 0 Å². The SMILES string of the molecule is Cc1cccc2nc(CN=C(N)Nc3ccc4c(c3)OCCCO4)cn12. The number of aliphatic imine (C=N–C) groups is 1. The van der Waals surface area contributed by atoms with Crippen molar-refractivity contribution in [3.05, 3.63) is 54.0 Å². The highest BCUT2D eigenvalue weighted by Crippen LogP contribution is 2.32. The van der Waals surface area contributed by atoms with Crippen LogP contribution in [0.2, 0.25) is 0 Å². The van der Waals surface area contributed by atoms with Crippen molar-refractivity contribution >= 4 is 17.3 Å². The second kappa shape index (κ2) is 6.95. The zero-order valence-electron chi connectivity index (χ0n) is 14.6. The molecule has 0 atom stereocenters. The summed E-state index contributed by atoms with van der Waals surface area (Å²) in [5, 5.41) is 3.09. The molecule has 3 N–H and O–H groups in total. The minimum absolute atomic E-state index is 0.327. The predicted octanol–water partition coefficient (Wildman–Crippen LogP) is 2.73. The van der Waals surface area contributed by atoms with Crippen molar-refractivity contribution < 1.29 is 9.47 Å². The third-order valence-electron chi connectivity index (χ3n) is 4.18. The molecule has 2 aromatic heterocycles. The molecule has 0 saturated carbocycles. The molecule has 7 nitrogen and oxygen atoms in total. The Bertz CT molecular complexity index is 964. The molecule has 7 heteroatoms. The summed E-state index contributed by atoms with van der Waals surface area (Å²) >= 11 is 0. The largest absolute Gasteiger partial charge is 0.490 e. The molecule has 1 aliphatic rings. The normalized spacial score (nSPS) is 14.3. The Morgan fingerprint density at radius 2 is 2.08 bits per heavy atom. The molecule has 1 aliphatic heterocycles. The van der Waals surface area contributed by atoms with Crippen molar-refractivity contribution in [2.75, 3.05) is 18.5 Å². The lowest BCUT2D eigenvalue weighted by Gasteiger charge is -2.10. The van der Waals surface area contributed by atoms with Gasteiger partial charge in [-0.05, 0) is 31.2 Å². The van der Waals surface area contributed by atoms with Crippen LogP contribution in [0.25, 0.3) is 5.65 Å². The topological polar surface area (TPSA) is 86.2 Å². The number of hydrogen-bond acceptors (Lipinski definition) is 4. The summed E-state index contributed by atoms with van der Waals surface area (Å²) in [6, 6.07) is 11.6. The Hall–Kier alpha value is -3.22. The van der Waals surface area contributed by atoms with Gasteiger partial charge >= 0.3 is 0 Å². The molecule has 0 fully saturated rings. The number of aryl methyl sites for hydroxylation is 1. The highest BCUT2D eigenvalue weighted by atomic mass is 16.5. The van der Waals surface area contributed by atoms with Crippen LogP contribution in [0, 0.1) is 6.92 Å². The summed E-state index contributed by atoms with van der Waals surface area (Å²) in [6.45, 7) is 3.77. The number of nitrogens with one attached hydrogen (secondary N) is 1. The maximum atomic E-state index is 6.02. The van der Waals surface area contributed by atoms with E-state index in [1.54, 1.807) is 0 Å². The molecule has 0 unspecified atom stereocenters. The summed E-state index contributed by atoms with van der Waals surface area (Å²) in [5.74, 6) is 1.80. The lowest BCUT2D eigenvalue weighted by molar-refractivity contribution is 0.297. The molecule has 134 valence electrons. The third-order valence-corrected chi connectivity index (χ3v) is 4.18. The number of aromatic nitrogens is 2. The monoisotopic (exact) mass is 351 g/mol. The number of imidazole rings is 1. The number of guanidine groups is 1. The van der Waals surface area contributed by atoms with Gasteiger partial charge in [0.05, 0.1) is 25.5 Å². The average Bonchev–Trinajstić information content (AvgIpc) is 2.92. The van der Waals surface area contributed by atoms with Crippen molar-refractivity contribution in [2.24, 2.45) is 10.7 Å². The van der Waals surface area contributed by atoms with E-state index in [0.29, 0.717) is 25.7 Å². The van der Waals surface area contributed by atoms with Crippen LogP contribution >= 0.6 is 0 Å². The van der Waals surface area contributed by atoms with Gasteiger partial charge < -0.3 is 24.9 Å². The number of rotatable bonds is 3. The molecule has 0 saturated heterocycles. The highest BCUT2D eigenvalue weighted by molar-refractivity contribution is 5.92. The molecule has 26 heavy (non-hydrogen) atoms. The Labute approximate surface area is 151 Å². The van der Waals surface area contributed by atoms with Gasteiger partial charge in [-0.3, -0.25) is 0 Å². The fourth-order valence-corrected chi connectivity index (χ4v) is 2.87. The summed E-state index contributed by atoms with van der Waals surface area (Å²) in [7, 11) is 0. The summed E-state index contributed by atoms with van der Waals surface area (Å²) in [4.78, 5) is 8.94. The molecule has 0 aliphatic carbocycles. The van der Waals surface area contributed by atoms with Crippen molar-refractivity contribution in [3.63, 3.8) is 0 Å². The molecular weight excluding hydrogens is 330 g/mol. The molecule has 0 radical (unpaired) electrons. The maximum absolute atomic E-state index is 6.02. The first-order valence-corrected chi connectivity index (χ1v) is 8.59. The highest BCUT2D eigenvalue weighted by Gasteiger charge is 2.11. The lowest BCUT2D eigenvalue weighted by atomic mass is 10.3. The van der Waals surface area contributed by atoms with Crippen LogP contribution in [0.1, 0.15) is 17.8 Å². The van der Waals surface area contributed by atoms with E-state index in [-0.39, 0.29) is 0 Å². The van der Waals surface area contributed by atoms with E-state index in [2.05, 4.69) is 15.3 Å². The fourth-order valence-electron chi connectivity index (χ4n) is 2.87. The smallest absolute Gasteiger partial charge is 0.193 e. The molecular formula is C19H21N5O2. The number of nitrogens with zero attached hydrogens (tertiary/aromatic N) is 3. The van der Waals surface area contributed by atoms with Gasteiger partial charge in [0.1, 0.15) is 5.65 Å². The second-order valence-corrected chi connectivity index (χ2v) is 6.17. The first-order chi connectivity index (χ1) is 12.7. The lowest BCUT2D eigenvalue weighted by Crippen LogP contribution is -2.22. The van der Waals surface area contributed by atoms with E-state index >= 15 is 0 Å².